The highest BCUT2D eigenvalue weighted by Crippen LogP contribution is 2.40. The molecule has 1 atom stereocenters. The number of rotatable bonds is 5. The summed E-state index contributed by atoms with van der Waals surface area (Å²) in [6.07, 6.45) is 2.63. The van der Waals surface area contributed by atoms with Crippen LogP contribution >= 0.6 is 11.6 Å². The summed E-state index contributed by atoms with van der Waals surface area (Å²) in [6, 6.07) is 3.63. The van der Waals surface area contributed by atoms with Crippen molar-refractivity contribution in [3.8, 4) is 0 Å². The summed E-state index contributed by atoms with van der Waals surface area (Å²) in [6.45, 7) is 4.12. The lowest BCUT2D eigenvalue weighted by Gasteiger charge is -2.25. The van der Waals surface area contributed by atoms with Crippen LogP contribution in [-0.2, 0) is 4.79 Å². The van der Waals surface area contributed by atoms with Crippen molar-refractivity contribution in [2.75, 3.05) is 30.4 Å². The fourth-order valence-electron chi connectivity index (χ4n) is 2.81. The Morgan fingerprint density at radius 2 is 2.20 bits per heavy atom. The average Bonchev–Trinajstić information content (AvgIpc) is 3.18. The molecule has 1 saturated carbocycles. The molecule has 0 saturated heterocycles. The molecule has 1 aliphatic carbocycles. The number of carbonyl (C=O) groups excluding carboxylic acids is 1. The standard InChI is InChI=1S/C15H20ClN3O/c1-3-19(8-9-4-5-9)13-7-12-10(6-11(13)16)14(17-2)15(20)18-12/h6-7,9,14,17H,3-5,8H2,1-2H3,(H,18,20). The van der Waals surface area contributed by atoms with Gasteiger partial charge < -0.3 is 15.5 Å². The van der Waals surface area contributed by atoms with Crippen molar-refractivity contribution < 1.29 is 4.79 Å². The summed E-state index contributed by atoms with van der Waals surface area (Å²) in [7, 11) is 1.78. The summed E-state index contributed by atoms with van der Waals surface area (Å²) in [5.74, 6) is 0.792. The van der Waals surface area contributed by atoms with Crippen LogP contribution in [0.5, 0.6) is 0 Å². The van der Waals surface area contributed by atoms with E-state index in [1.54, 1.807) is 7.05 Å². The first kappa shape index (κ1) is 13.7. The highest BCUT2D eigenvalue weighted by molar-refractivity contribution is 6.33. The monoisotopic (exact) mass is 293 g/mol. The smallest absolute Gasteiger partial charge is 0.246 e. The third-order valence-electron chi connectivity index (χ3n) is 4.14. The SMILES string of the molecule is CCN(CC1CC1)c1cc2c(cc1Cl)C(NC)C(=O)N2. The van der Waals surface area contributed by atoms with E-state index in [2.05, 4.69) is 22.5 Å². The third kappa shape index (κ3) is 2.38. The first-order valence-corrected chi connectivity index (χ1v) is 7.58. The van der Waals surface area contributed by atoms with Gasteiger partial charge in [0.1, 0.15) is 6.04 Å². The van der Waals surface area contributed by atoms with Gasteiger partial charge in [-0.15, -0.1) is 0 Å². The zero-order chi connectivity index (χ0) is 14.3. The number of fused-ring (bicyclic) bond motifs is 1. The predicted molar refractivity (Wildman–Crippen MR) is 82.5 cm³/mol. The summed E-state index contributed by atoms with van der Waals surface area (Å²) in [5.41, 5.74) is 2.84. The molecule has 1 fully saturated rings. The van der Waals surface area contributed by atoms with Gasteiger partial charge in [-0.2, -0.15) is 0 Å². The van der Waals surface area contributed by atoms with E-state index in [9.17, 15) is 4.79 Å². The van der Waals surface area contributed by atoms with Crippen molar-refractivity contribution >= 4 is 28.9 Å². The molecule has 3 rings (SSSR count). The van der Waals surface area contributed by atoms with Gasteiger partial charge >= 0.3 is 0 Å². The Kier molecular flexibility index (Phi) is 3.61. The summed E-state index contributed by atoms with van der Waals surface area (Å²) in [5, 5.41) is 6.67. The third-order valence-corrected chi connectivity index (χ3v) is 4.44. The Morgan fingerprint density at radius 1 is 1.45 bits per heavy atom. The minimum atomic E-state index is -0.296. The Labute approximate surface area is 124 Å². The van der Waals surface area contributed by atoms with Gasteiger partial charge in [0.15, 0.2) is 0 Å². The van der Waals surface area contributed by atoms with Crippen LogP contribution in [0.15, 0.2) is 12.1 Å². The van der Waals surface area contributed by atoms with Gasteiger partial charge in [-0.1, -0.05) is 11.6 Å². The lowest BCUT2D eigenvalue weighted by molar-refractivity contribution is -0.117. The molecule has 4 nitrogen and oxygen atoms in total. The molecule has 20 heavy (non-hydrogen) atoms. The first-order valence-electron chi connectivity index (χ1n) is 7.20. The number of likely N-dealkylation sites (N-methyl/N-ethyl adjacent to an activating group) is 1. The van der Waals surface area contributed by atoms with Crippen LogP contribution < -0.4 is 15.5 Å². The molecule has 108 valence electrons. The molecular weight excluding hydrogens is 274 g/mol. The highest BCUT2D eigenvalue weighted by Gasteiger charge is 2.31. The van der Waals surface area contributed by atoms with Crippen LogP contribution in [0.1, 0.15) is 31.4 Å². The van der Waals surface area contributed by atoms with Gasteiger partial charge in [-0.25, -0.2) is 0 Å². The van der Waals surface area contributed by atoms with Crippen molar-refractivity contribution in [2.24, 2.45) is 5.92 Å². The number of anilines is 2. The van der Waals surface area contributed by atoms with Crippen LogP contribution in [0.25, 0.3) is 0 Å². The van der Waals surface area contributed by atoms with Gasteiger partial charge in [0, 0.05) is 24.3 Å². The lowest BCUT2D eigenvalue weighted by atomic mass is 10.1. The van der Waals surface area contributed by atoms with E-state index < -0.39 is 0 Å². The van der Waals surface area contributed by atoms with E-state index >= 15 is 0 Å². The maximum Gasteiger partial charge on any atom is 0.246 e. The van der Waals surface area contributed by atoms with E-state index in [1.165, 1.54) is 12.8 Å². The van der Waals surface area contributed by atoms with E-state index in [-0.39, 0.29) is 11.9 Å². The fraction of sp³-hybridized carbons (Fsp3) is 0.533. The second-order valence-electron chi connectivity index (χ2n) is 5.58. The molecule has 5 heteroatoms. The molecule has 0 radical (unpaired) electrons. The van der Waals surface area contributed by atoms with Gasteiger partial charge in [-0.3, -0.25) is 4.79 Å². The Bertz CT molecular complexity index is 542. The molecule has 1 heterocycles. The number of benzene rings is 1. The van der Waals surface area contributed by atoms with Crippen LogP contribution in [0.3, 0.4) is 0 Å². The molecule has 1 aromatic carbocycles. The van der Waals surface area contributed by atoms with Crippen molar-refractivity contribution in [3.05, 3.63) is 22.7 Å². The van der Waals surface area contributed by atoms with Gasteiger partial charge in [0.05, 0.1) is 10.7 Å². The van der Waals surface area contributed by atoms with Crippen molar-refractivity contribution in [2.45, 2.75) is 25.8 Å². The molecule has 0 aromatic heterocycles. The van der Waals surface area contributed by atoms with Gasteiger partial charge in [0.25, 0.3) is 0 Å². The quantitative estimate of drug-likeness (QED) is 0.877. The minimum absolute atomic E-state index is 0.0130. The molecule has 2 N–H and O–H groups in total. The molecule has 0 bridgehead atoms. The van der Waals surface area contributed by atoms with Crippen molar-refractivity contribution in [3.63, 3.8) is 0 Å². The molecule has 2 aliphatic rings. The molecular formula is C15H20ClN3O. The van der Waals surface area contributed by atoms with Gasteiger partial charge in [0.2, 0.25) is 5.91 Å². The molecule has 1 aromatic rings. The number of hydrogen-bond acceptors (Lipinski definition) is 3. The van der Waals surface area contributed by atoms with Crippen LogP contribution in [0.2, 0.25) is 5.02 Å². The van der Waals surface area contributed by atoms with E-state index in [0.717, 1.165) is 41.0 Å². The van der Waals surface area contributed by atoms with Crippen LogP contribution in [0, 0.1) is 5.92 Å². The summed E-state index contributed by atoms with van der Waals surface area (Å²) in [4.78, 5) is 14.2. The maximum atomic E-state index is 11.9. The topological polar surface area (TPSA) is 44.4 Å². The molecule has 1 unspecified atom stereocenters. The highest BCUT2D eigenvalue weighted by atomic mass is 35.5. The molecule has 0 spiro atoms. The lowest BCUT2D eigenvalue weighted by Crippen LogP contribution is -2.25. The minimum Gasteiger partial charge on any atom is -0.370 e. The summed E-state index contributed by atoms with van der Waals surface area (Å²) >= 11 is 6.45. The number of amides is 1. The van der Waals surface area contributed by atoms with E-state index in [0.29, 0.717) is 0 Å². The second-order valence-corrected chi connectivity index (χ2v) is 5.99. The maximum absolute atomic E-state index is 11.9. The number of nitrogens with zero attached hydrogens (tertiary/aromatic N) is 1. The Balaban J connectivity index is 1.93. The second kappa shape index (κ2) is 5.26. The Morgan fingerprint density at radius 3 is 2.80 bits per heavy atom. The van der Waals surface area contributed by atoms with Crippen LogP contribution in [0.4, 0.5) is 11.4 Å². The number of halogens is 1. The average molecular weight is 294 g/mol. The first-order chi connectivity index (χ1) is 9.63. The number of nitrogens with one attached hydrogen (secondary N) is 2. The van der Waals surface area contributed by atoms with Crippen LogP contribution in [-0.4, -0.2) is 26.0 Å². The largest absolute Gasteiger partial charge is 0.370 e. The van der Waals surface area contributed by atoms with Crippen molar-refractivity contribution in [1.82, 2.24) is 5.32 Å². The van der Waals surface area contributed by atoms with Crippen molar-refractivity contribution in [1.29, 1.82) is 0 Å². The zero-order valence-electron chi connectivity index (χ0n) is 11.9. The fourth-order valence-corrected chi connectivity index (χ4v) is 3.10. The summed E-state index contributed by atoms with van der Waals surface area (Å²) < 4.78 is 0. The normalized spacial score (nSPS) is 20.8. The van der Waals surface area contributed by atoms with Gasteiger partial charge in [-0.05, 0) is 44.9 Å². The zero-order valence-corrected chi connectivity index (χ0v) is 12.6. The number of hydrogen-bond donors (Lipinski definition) is 2. The van der Waals surface area contributed by atoms with E-state index in [4.69, 9.17) is 11.6 Å². The molecule has 1 aliphatic heterocycles. The Hall–Kier alpha value is -1.26. The molecule has 1 amide bonds. The number of carbonyl (C=O) groups is 1. The predicted octanol–water partition coefficient (Wildman–Crippen LogP) is 2.79. The van der Waals surface area contributed by atoms with E-state index in [1.807, 2.05) is 12.1 Å².